The van der Waals surface area contributed by atoms with Gasteiger partial charge in [-0.05, 0) is 12.1 Å². The molecule has 2 rings (SSSR count). The molecule has 0 spiro atoms. The van der Waals surface area contributed by atoms with Crippen LogP contribution in [-0.2, 0) is 14.4 Å². The van der Waals surface area contributed by atoms with Gasteiger partial charge in [-0.1, -0.05) is 30.3 Å². The van der Waals surface area contributed by atoms with Gasteiger partial charge in [-0.2, -0.15) is 0 Å². The molecule has 102 valence electrons. The summed E-state index contributed by atoms with van der Waals surface area (Å²) in [5.74, 6) is 0.981. The standard InChI is InChI=1S/C14H17NO4/c1-11-13(7-8-17-10-16)15-19-14(11)9-18-12-5-3-2-4-6-12/h2-6,10-11,14H,7-9H2,1H3. The van der Waals surface area contributed by atoms with Gasteiger partial charge in [0.25, 0.3) is 6.47 Å². The summed E-state index contributed by atoms with van der Waals surface area (Å²) >= 11 is 0. The molecule has 0 amide bonds. The third-order valence-electron chi connectivity index (χ3n) is 3.09. The molecule has 0 N–H and O–H groups in total. The van der Waals surface area contributed by atoms with Crippen LogP contribution in [0.25, 0.3) is 0 Å². The summed E-state index contributed by atoms with van der Waals surface area (Å²) in [7, 11) is 0. The zero-order valence-electron chi connectivity index (χ0n) is 10.8. The summed E-state index contributed by atoms with van der Waals surface area (Å²) in [6, 6.07) is 9.59. The van der Waals surface area contributed by atoms with Gasteiger partial charge in [-0.25, -0.2) is 0 Å². The highest BCUT2D eigenvalue weighted by molar-refractivity contribution is 5.87. The fourth-order valence-corrected chi connectivity index (χ4v) is 1.88. The Morgan fingerprint density at radius 1 is 1.37 bits per heavy atom. The average molecular weight is 263 g/mol. The summed E-state index contributed by atoms with van der Waals surface area (Å²) in [5, 5.41) is 4.02. The number of benzene rings is 1. The smallest absolute Gasteiger partial charge is 0.293 e. The van der Waals surface area contributed by atoms with Gasteiger partial charge < -0.3 is 14.3 Å². The molecule has 0 aromatic heterocycles. The predicted molar refractivity (Wildman–Crippen MR) is 70.0 cm³/mol. The number of carbonyl (C=O) groups is 1. The molecule has 5 nitrogen and oxygen atoms in total. The van der Waals surface area contributed by atoms with Crippen LogP contribution in [0.1, 0.15) is 13.3 Å². The third-order valence-corrected chi connectivity index (χ3v) is 3.09. The molecule has 2 atom stereocenters. The number of hydrogen-bond donors (Lipinski definition) is 0. The van der Waals surface area contributed by atoms with Crippen molar-refractivity contribution in [2.75, 3.05) is 13.2 Å². The van der Waals surface area contributed by atoms with Gasteiger partial charge in [0.05, 0.1) is 12.3 Å². The first-order chi connectivity index (χ1) is 9.31. The lowest BCUT2D eigenvalue weighted by atomic mass is 9.98. The van der Waals surface area contributed by atoms with Gasteiger partial charge in [-0.15, -0.1) is 0 Å². The minimum Gasteiger partial charge on any atom is -0.490 e. The first-order valence-electron chi connectivity index (χ1n) is 6.27. The Bertz CT molecular complexity index is 432. The van der Waals surface area contributed by atoms with E-state index in [-0.39, 0.29) is 12.0 Å². The van der Waals surface area contributed by atoms with Gasteiger partial charge in [0, 0.05) is 12.3 Å². The van der Waals surface area contributed by atoms with E-state index >= 15 is 0 Å². The lowest BCUT2D eigenvalue weighted by Crippen LogP contribution is -2.27. The molecular formula is C14H17NO4. The zero-order valence-corrected chi connectivity index (χ0v) is 10.8. The second-order valence-electron chi connectivity index (χ2n) is 4.36. The normalized spacial score (nSPS) is 21.4. The van der Waals surface area contributed by atoms with E-state index in [1.807, 2.05) is 37.3 Å². The van der Waals surface area contributed by atoms with E-state index in [1.54, 1.807) is 0 Å². The number of rotatable bonds is 7. The maximum Gasteiger partial charge on any atom is 0.293 e. The number of hydrogen-bond acceptors (Lipinski definition) is 5. The van der Waals surface area contributed by atoms with Gasteiger partial charge in [0.1, 0.15) is 12.4 Å². The van der Waals surface area contributed by atoms with Crippen LogP contribution in [0.15, 0.2) is 35.5 Å². The summed E-state index contributed by atoms with van der Waals surface area (Å²) in [4.78, 5) is 15.4. The molecule has 1 aliphatic rings. The molecule has 1 heterocycles. The SMILES string of the molecule is CC1C(CCOC=O)=NOC1COc1ccccc1. The van der Waals surface area contributed by atoms with E-state index in [9.17, 15) is 4.79 Å². The number of carbonyl (C=O) groups excluding carboxylic acids is 1. The lowest BCUT2D eigenvalue weighted by Gasteiger charge is -2.15. The van der Waals surface area contributed by atoms with Crippen molar-refractivity contribution in [2.24, 2.45) is 11.1 Å². The fraction of sp³-hybridized carbons (Fsp3) is 0.429. The topological polar surface area (TPSA) is 57.1 Å². The maximum absolute atomic E-state index is 10.1. The summed E-state index contributed by atoms with van der Waals surface area (Å²) in [6.07, 6.45) is 0.508. The highest BCUT2D eigenvalue weighted by Crippen LogP contribution is 2.21. The Balaban J connectivity index is 1.76. The van der Waals surface area contributed by atoms with E-state index in [4.69, 9.17) is 9.57 Å². The molecule has 1 aromatic rings. The second-order valence-corrected chi connectivity index (χ2v) is 4.36. The van der Waals surface area contributed by atoms with Crippen molar-refractivity contribution in [3.05, 3.63) is 30.3 Å². The van der Waals surface area contributed by atoms with E-state index in [1.165, 1.54) is 0 Å². The second kappa shape index (κ2) is 6.78. The number of oxime groups is 1. The van der Waals surface area contributed by atoms with Crippen molar-refractivity contribution in [2.45, 2.75) is 19.4 Å². The van der Waals surface area contributed by atoms with Crippen LogP contribution in [0, 0.1) is 5.92 Å². The van der Waals surface area contributed by atoms with Crippen LogP contribution in [0.5, 0.6) is 5.75 Å². The molecule has 1 aromatic carbocycles. The fourth-order valence-electron chi connectivity index (χ4n) is 1.88. The van der Waals surface area contributed by atoms with Crippen molar-refractivity contribution in [3.8, 4) is 5.75 Å². The Labute approximate surface area is 112 Å². The lowest BCUT2D eigenvalue weighted by molar-refractivity contribution is -0.128. The maximum atomic E-state index is 10.1. The molecule has 1 aliphatic heterocycles. The molecule has 0 aliphatic carbocycles. The third kappa shape index (κ3) is 3.71. The summed E-state index contributed by atoms with van der Waals surface area (Å²) in [5.41, 5.74) is 0.906. The Hall–Kier alpha value is -2.04. The predicted octanol–water partition coefficient (Wildman–Crippen LogP) is 2.02. The molecule has 0 radical (unpaired) electrons. The summed E-state index contributed by atoms with van der Waals surface area (Å²) < 4.78 is 10.3. The molecule has 2 unspecified atom stereocenters. The van der Waals surface area contributed by atoms with Crippen LogP contribution in [0.2, 0.25) is 0 Å². The number of nitrogens with zero attached hydrogens (tertiary/aromatic N) is 1. The highest BCUT2D eigenvalue weighted by Gasteiger charge is 2.30. The molecule has 0 saturated carbocycles. The Morgan fingerprint density at radius 2 is 2.16 bits per heavy atom. The Morgan fingerprint density at radius 3 is 2.89 bits per heavy atom. The van der Waals surface area contributed by atoms with Crippen molar-refractivity contribution in [1.29, 1.82) is 0 Å². The monoisotopic (exact) mass is 263 g/mol. The molecule has 5 heteroatoms. The molecule has 0 bridgehead atoms. The average Bonchev–Trinajstić information content (AvgIpc) is 2.79. The summed E-state index contributed by atoms with van der Waals surface area (Å²) in [6.45, 7) is 3.26. The van der Waals surface area contributed by atoms with E-state index in [2.05, 4.69) is 9.89 Å². The van der Waals surface area contributed by atoms with E-state index in [0.29, 0.717) is 26.1 Å². The van der Waals surface area contributed by atoms with E-state index in [0.717, 1.165) is 11.5 Å². The zero-order chi connectivity index (χ0) is 13.5. The highest BCUT2D eigenvalue weighted by atomic mass is 16.7. The largest absolute Gasteiger partial charge is 0.490 e. The van der Waals surface area contributed by atoms with E-state index < -0.39 is 0 Å². The van der Waals surface area contributed by atoms with Crippen molar-refractivity contribution in [3.63, 3.8) is 0 Å². The van der Waals surface area contributed by atoms with Crippen molar-refractivity contribution in [1.82, 2.24) is 0 Å². The molecule has 19 heavy (non-hydrogen) atoms. The minimum atomic E-state index is -0.0913. The first kappa shape index (κ1) is 13.4. The molecule has 0 fully saturated rings. The molecule has 0 saturated heterocycles. The van der Waals surface area contributed by atoms with Crippen LogP contribution in [0.4, 0.5) is 0 Å². The number of ether oxygens (including phenoxy) is 2. The molecular weight excluding hydrogens is 246 g/mol. The van der Waals surface area contributed by atoms with Crippen LogP contribution >= 0.6 is 0 Å². The first-order valence-corrected chi connectivity index (χ1v) is 6.27. The van der Waals surface area contributed by atoms with Crippen LogP contribution in [-0.4, -0.2) is 31.5 Å². The van der Waals surface area contributed by atoms with Crippen LogP contribution in [0.3, 0.4) is 0 Å². The van der Waals surface area contributed by atoms with Gasteiger partial charge in [0.15, 0.2) is 6.10 Å². The van der Waals surface area contributed by atoms with Gasteiger partial charge in [0.2, 0.25) is 0 Å². The van der Waals surface area contributed by atoms with Crippen molar-refractivity contribution < 1.29 is 19.1 Å². The van der Waals surface area contributed by atoms with Gasteiger partial charge in [-0.3, -0.25) is 4.79 Å². The quantitative estimate of drug-likeness (QED) is 0.558. The Kier molecular flexibility index (Phi) is 4.78. The van der Waals surface area contributed by atoms with Gasteiger partial charge >= 0.3 is 0 Å². The minimum absolute atomic E-state index is 0.0913. The van der Waals surface area contributed by atoms with Crippen LogP contribution < -0.4 is 4.74 Å². The number of para-hydroxylation sites is 1. The van der Waals surface area contributed by atoms with Crippen molar-refractivity contribution >= 4 is 12.2 Å².